The molecule has 1 aliphatic heterocycles. The third-order valence-corrected chi connectivity index (χ3v) is 4.19. The number of ether oxygens (including phenoxy) is 1. The highest BCUT2D eigenvalue weighted by molar-refractivity contribution is 5.95. The van der Waals surface area contributed by atoms with Crippen LogP contribution in [0.25, 0.3) is 0 Å². The molecule has 0 radical (unpaired) electrons. The molecule has 0 bridgehead atoms. The van der Waals surface area contributed by atoms with E-state index < -0.39 is 0 Å². The molecular formula is C13H20N2O3. The summed E-state index contributed by atoms with van der Waals surface area (Å²) >= 11 is 0. The summed E-state index contributed by atoms with van der Waals surface area (Å²) in [4.78, 5) is 25.8. The van der Waals surface area contributed by atoms with Crippen molar-refractivity contribution < 1.29 is 14.3 Å². The van der Waals surface area contributed by atoms with Gasteiger partial charge in [0.05, 0.1) is 12.6 Å². The van der Waals surface area contributed by atoms with Crippen molar-refractivity contribution in [2.75, 3.05) is 13.2 Å². The van der Waals surface area contributed by atoms with Crippen LogP contribution < -0.4 is 5.32 Å². The molecule has 3 aliphatic rings. The summed E-state index contributed by atoms with van der Waals surface area (Å²) in [5, 5.41) is 2.84. The predicted octanol–water partition coefficient (Wildman–Crippen LogP) is 0.291. The van der Waals surface area contributed by atoms with Gasteiger partial charge in [-0.15, -0.1) is 0 Å². The Bertz CT molecular complexity index is 361. The van der Waals surface area contributed by atoms with Gasteiger partial charge in [-0.25, -0.2) is 0 Å². The quantitative estimate of drug-likeness (QED) is 0.782. The van der Waals surface area contributed by atoms with E-state index in [1.807, 2.05) is 6.92 Å². The van der Waals surface area contributed by atoms with E-state index in [4.69, 9.17) is 4.74 Å². The molecule has 2 aliphatic carbocycles. The van der Waals surface area contributed by atoms with Gasteiger partial charge in [0.25, 0.3) is 0 Å². The van der Waals surface area contributed by atoms with Crippen molar-refractivity contribution in [2.24, 2.45) is 5.92 Å². The Balaban J connectivity index is 1.61. The fraction of sp³-hybridized carbons (Fsp3) is 0.846. The summed E-state index contributed by atoms with van der Waals surface area (Å²) in [6.45, 7) is 2.93. The number of nitrogens with one attached hydrogen (secondary N) is 1. The van der Waals surface area contributed by atoms with Crippen LogP contribution in [0, 0.1) is 5.92 Å². The summed E-state index contributed by atoms with van der Waals surface area (Å²) in [6.07, 6.45) is 4.17. The number of amides is 2. The van der Waals surface area contributed by atoms with Crippen LogP contribution in [-0.4, -0.2) is 48.1 Å². The maximum atomic E-state index is 12.3. The number of carbonyl (C=O) groups excluding carboxylic acids is 2. The van der Waals surface area contributed by atoms with Crippen LogP contribution in [0.2, 0.25) is 0 Å². The van der Waals surface area contributed by atoms with E-state index in [-0.39, 0.29) is 36.5 Å². The van der Waals surface area contributed by atoms with Gasteiger partial charge in [-0.2, -0.15) is 0 Å². The second-order valence-electron chi connectivity index (χ2n) is 5.55. The molecule has 1 heterocycles. The number of hydrogen-bond acceptors (Lipinski definition) is 3. The van der Waals surface area contributed by atoms with Crippen molar-refractivity contribution in [3.05, 3.63) is 0 Å². The summed E-state index contributed by atoms with van der Waals surface area (Å²) in [5.74, 6) is 0.496. The third-order valence-electron chi connectivity index (χ3n) is 4.19. The Hall–Kier alpha value is -1.10. The van der Waals surface area contributed by atoms with E-state index >= 15 is 0 Å². The molecule has 3 fully saturated rings. The molecular weight excluding hydrogens is 232 g/mol. The SMILES string of the molecule is CCOC1CC(N2CC(=O)NC(C3CC3)C2=O)C1. The van der Waals surface area contributed by atoms with Crippen molar-refractivity contribution in [3.63, 3.8) is 0 Å². The van der Waals surface area contributed by atoms with E-state index in [0.29, 0.717) is 5.92 Å². The van der Waals surface area contributed by atoms with Crippen LogP contribution >= 0.6 is 0 Å². The third kappa shape index (κ3) is 2.11. The Kier molecular flexibility index (Phi) is 3.01. The Labute approximate surface area is 107 Å². The molecule has 0 aromatic rings. The highest BCUT2D eigenvalue weighted by Crippen LogP contribution is 2.36. The van der Waals surface area contributed by atoms with E-state index in [1.165, 1.54) is 0 Å². The molecule has 5 nitrogen and oxygen atoms in total. The lowest BCUT2D eigenvalue weighted by Gasteiger charge is -2.45. The fourth-order valence-electron chi connectivity index (χ4n) is 2.91. The van der Waals surface area contributed by atoms with Gasteiger partial charge in [-0.05, 0) is 38.5 Å². The number of nitrogens with zero attached hydrogens (tertiary/aromatic N) is 1. The van der Waals surface area contributed by atoms with Gasteiger partial charge in [-0.1, -0.05) is 0 Å². The highest BCUT2D eigenvalue weighted by Gasteiger charge is 2.46. The zero-order valence-electron chi connectivity index (χ0n) is 10.7. The molecule has 18 heavy (non-hydrogen) atoms. The van der Waals surface area contributed by atoms with Crippen molar-refractivity contribution in [2.45, 2.75) is 50.8 Å². The van der Waals surface area contributed by atoms with E-state index in [0.717, 1.165) is 32.3 Å². The summed E-state index contributed by atoms with van der Waals surface area (Å²) in [5.41, 5.74) is 0. The molecule has 1 atom stereocenters. The summed E-state index contributed by atoms with van der Waals surface area (Å²) < 4.78 is 5.51. The Morgan fingerprint density at radius 1 is 1.33 bits per heavy atom. The molecule has 0 spiro atoms. The zero-order valence-corrected chi connectivity index (χ0v) is 10.7. The number of carbonyl (C=O) groups is 2. The Morgan fingerprint density at radius 2 is 2.06 bits per heavy atom. The lowest BCUT2D eigenvalue weighted by Crippen LogP contribution is -2.64. The van der Waals surface area contributed by atoms with Crippen LogP contribution in [0.1, 0.15) is 32.6 Å². The number of hydrogen-bond donors (Lipinski definition) is 1. The fourth-order valence-corrected chi connectivity index (χ4v) is 2.91. The minimum absolute atomic E-state index is 0.00800. The monoisotopic (exact) mass is 252 g/mol. The van der Waals surface area contributed by atoms with Gasteiger partial charge in [0.1, 0.15) is 6.04 Å². The molecule has 3 rings (SSSR count). The first-order valence-corrected chi connectivity index (χ1v) is 6.90. The average Bonchev–Trinajstić information content (AvgIpc) is 3.10. The van der Waals surface area contributed by atoms with Crippen molar-refractivity contribution in [1.29, 1.82) is 0 Å². The van der Waals surface area contributed by atoms with Gasteiger partial charge >= 0.3 is 0 Å². The minimum atomic E-state index is -0.252. The van der Waals surface area contributed by atoms with Crippen LogP contribution in [-0.2, 0) is 14.3 Å². The van der Waals surface area contributed by atoms with E-state index in [2.05, 4.69) is 5.32 Å². The molecule has 0 aromatic carbocycles. The molecule has 1 N–H and O–H groups in total. The van der Waals surface area contributed by atoms with Crippen molar-refractivity contribution in [1.82, 2.24) is 10.2 Å². The molecule has 2 amide bonds. The second-order valence-corrected chi connectivity index (χ2v) is 5.55. The van der Waals surface area contributed by atoms with Gasteiger partial charge in [0.15, 0.2) is 0 Å². The molecule has 1 saturated heterocycles. The minimum Gasteiger partial charge on any atom is -0.378 e. The van der Waals surface area contributed by atoms with Crippen LogP contribution in [0.5, 0.6) is 0 Å². The lowest BCUT2D eigenvalue weighted by atomic mass is 9.86. The summed E-state index contributed by atoms with van der Waals surface area (Å²) in [6, 6.07) is -0.0428. The molecule has 2 saturated carbocycles. The predicted molar refractivity (Wildman–Crippen MR) is 64.8 cm³/mol. The summed E-state index contributed by atoms with van der Waals surface area (Å²) in [7, 11) is 0. The smallest absolute Gasteiger partial charge is 0.246 e. The van der Waals surface area contributed by atoms with Crippen LogP contribution in [0.3, 0.4) is 0 Å². The van der Waals surface area contributed by atoms with Crippen LogP contribution in [0.4, 0.5) is 0 Å². The molecule has 1 unspecified atom stereocenters. The number of piperazine rings is 1. The van der Waals surface area contributed by atoms with E-state index in [1.54, 1.807) is 4.90 Å². The maximum Gasteiger partial charge on any atom is 0.246 e. The standard InChI is InChI=1S/C13H20N2O3/c1-2-18-10-5-9(6-10)15-7-11(16)14-12(13(15)17)8-3-4-8/h8-10,12H,2-7H2,1H3,(H,14,16). The first kappa shape index (κ1) is 12.0. The van der Waals surface area contributed by atoms with Gasteiger partial charge < -0.3 is 15.0 Å². The zero-order chi connectivity index (χ0) is 12.7. The Morgan fingerprint density at radius 3 is 2.67 bits per heavy atom. The van der Waals surface area contributed by atoms with E-state index in [9.17, 15) is 9.59 Å². The largest absolute Gasteiger partial charge is 0.378 e. The lowest BCUT2D eigenvalue weighted by molar-refractivity contribution is -0.152. The highest BCUT2D eigenvalue weighted by atomic mass is 16.5. The second kappa shape index (κ2) is 4.53. The molecule has 5 heteroatoms. The number of rotatable bonds is 4. The van der Waals surface area contributed by atoms with Gasteiger partial charge in [-0.3, -0.25) is 9.59 Å². The first-order chi connectivity index (χ1) is 8.69. The average molecular weight is 252 g/mol. The van der Waals surface area contributed by atoms with Crippen molar-refractivity contribution in [3.8, 4) is 0 Å². The first-order valence-electron chi connectivity index (χ1n) is 6.90. The van der Waals surface area contributed by atoms with Crippen LogP contribution in [0.15, 0.2) is 0 Å². The molecule has 0 aromatic heterocycles. The van der Waals surface area contributed by atoms with Gasteiger partial charge in [0, 0.05) is 12.6 Å². The topological polar surface area (TPSA) is 58.6 Å². The maximum absolute atomic E-state index is 12.3. The molecule has 100 valence electrons. The van der Waals surface area contributed by atoms with Crippen molar-refractivity contribution >= 4 is 11.8 Å². The normalized spacial score (nSPS) is 36.3. The van der Waals surface area contributed by atoms with Gasteiger partial charge in [0.2, 0.25) is 11.8 Å².